The fourth-order valence-electron chi connectivity index (χ4n) is 2.19. The molecule has 1 aromatic rings. The third kappa shape index (κ3) is 3.82. The van der Waals surface area contributed by atoms with Gasteiger partial charge in [0.05, 0.1) is 0 Å². The summed E-state index contributed by atoms with van der Waals surface area (Å²) in [5, 5.41) is -0.188. The lowest BCUT2D eigenvalue weighted by atomic mass is 10.1. The van der Waals surface area contributed by atoms with E-state index >= 15 is 0 Å². The molecule has 1 aliphatic rings. The largest absolute Gasteiger partial charge is 0.483 e. The standard InChI is InChI=1S/C13H18NO5P/c15-13(14-8-4-1-5-9-14)10-19-11-6-2-3-7-12(11)20(16,17)18/h2-3,6-7H,1,4-5,8-10H2,(H2,16,17,18). The van der Waals surface area contributed by atoms with Gasteiger partial charge in [0.25, 0.3) is 5.91 Å². The van der Waals surface area contributed by atoms with E-state index in [1.54, 1.807) is 11.0 Å². The number of para-hydroxylation sites is 1. The first-order valence-corrected chi connectivity index (χ1v) is 8.15. The first-order chi connectivity index (χ1) is 9.48. The number of hydrogen-bond donors (Lipinski definition) is 2. The van der Waals surface area contributed by atoms with Gasteiger partial charge in [-0.25, -0.2) is 0 Å². The molecule has 0 saturated carbocycles. The summed E-state index contributed by atoms with van der Waals surface area (Å²) < 4.78 is 16.6. The maximum absolute atomic E-state index is 11.9. The van der Waals surface area contributed by atoms with E-state index in [9.17, 15) is 19.1 Å². The molecule has 6 nitrogen and oxygen atoms in total. The third-order valence-corrected chi connectivity index (χ3v) is 4.24. The Morgan fingerprint density at radius 2 is 1.85 bits per heavy atom. The van der Waals surface area contributed by atoms with E-state index < -0.39 is 7.60 Å². The highest BCUT2D eigenvalue weighted by Crippen LogP contribution is 2.37. The number of nitrogens with zero attached hydrogens (tertiary/aromatic N) is 1. The van der Waals surface area contributed by atoms with E-state index in [1.165, 1.54) is 18.2 Å². The van der Waals surface area contributed by atoms with Gasteiger partial charge in [-0.2, -0.15) is 0 Å². The van der Waals surface area contributed by atoms with Crippen LogP contribution < -0.4 is 10.0 Å². The number of likely N-dealkylation sites (tertiary alicyclic amines) is 1. The number of piperidine rings is 1. The topological polar surface area (TPSA) is 87.1 Å². The average Bonchev–Trinajstić information content (AvgIpc) is 2.45. The average molecular weight is 299 g/mol. The SMILES string of the molecule is O=C(COc1ccccc1P(=O)(O)O)N1CCCCC1. The molecule has 2 N–H and O–H groups in total. The molecule has 1 heterocycles. The molecule has 1 saturated heterocycles. The minimum Gasteiger partial charge on any atom is -0.483 e. The predicted molar refractivity (Wildman–Crippen MR) is 74.0 cm³/mol. The summed E-state index contributed by atoms with van der Waals surface area (Å²) >= 11 is 0. The number of amides is 1. The van der Waals surface area contributed by atoms with Crippen molar-refractivity contribution < 1.29 is 23.9 Å². The highest BCUT2D eigenvalue weighted by Gasteiger charge is 2.23. The summed E-state index contributed by atoms with van der Waals surface area (Å²) in [7, 11) is -4.40. The van der Waals surface area contributed by atoms with Crippen molar-refractivity contribution in [2.75, 3.05) is 19.7 Å². The number of carbonyl (C=O) groups is 1. The molecule has 0 aliphatic carbocycles. The van der Waals surface area contributed by atoms with Crippen molar-refractivity contribution in [3.63, 3.8) is 0 Å². The molecule has 0 radical (unpaired) electrons. The van der Waals surface area contributed by atoms with Crippen LogP contribution in [0.5, 0.6) is 5.75 Å². The van der Waals surface area contributed by atoms with Gasteiger partial charge in [-0.15, -0.1) is 0 Å². The Morgan fingerprint density at radius 1 is 1.20 bits per heavy atom. The van der Waals surface area contributed by atoms with Crippen LogP contribution in [0.25, 0.3) is 0 Å². The van der Waals surface area contributed by atoms with Gasteiger partial charge >= 0.3 is 7.60 Å². The van der Waals surface area contributed by atoms with Crippen molar-refractivity contribution >= 4 is 18.8 Å². The van der Waals surface area contributed by atoms with Crippen molar-refractivity contribution in [3.8, 4) is 5.75 Å². The lowest BCUT2D eigenvalue weighted by molar-refractivity contribution is -0.134. The molecule has 1 aromatic carbocycles. The Kier molecular flexibility index (Phi) is 4.81. The first-order valence-electron chi connectivity index (χ1n) is 6.54. The van der Waals surface area contributed by atoms with Gasteiger partial charge in [0.15, 0.2) is 6.61 Å². The summed E-state index contributed by atoms with van der Waals surface area (Å²) in [6, 6.07) is 5.90. The van der Waals surface area contributed by atoms with Crippen molar-refractivity contribution in [2.24, 2.45) is 0 Å². The number of carbonyl (C=O) groups excluding carboxylic acids is 1. The van der Waals surface area contributed by atoms with Gasteiger partial charge < -0.3 is 19.4 Å². The first kappa shape index (κ1) is 15.0. The molecular formula is C13H18NO5P. The maximum Gasteiger partial charge on any atom is 0.359 e. The summed E-state index contributed by atoms with van der Waals surface area (Å²) in [6.45, 7) is 1.25. The Bertz CT molecular complexity index is 521. The molecule has 0 spiro atoms. The van der Waals surface area contributed by atoms with Crippen LogP contribution in [0.1, 0.15) is 19.3 Å². The lowest BCUT2D eigenvalue weighted by Gasteiger charge is -2.26. The lowest BCUT2D eigenvalue weighted by Crippen LogP contribution is -2.38. The van der Waals surface area contributed by atoms with Gasteiger partial charge in [0.2, 0.25) is 0 Å². The Hall–Kier alpha value is -1.36. The van der Waals surface area contributed by atoms with Gasteiger partial charge in [-0.1, -0.05) is 12.1 Å². The van der Waals surface area contributed by atoms with Crippen molar-refractivity contribution in [1.29, 1.82) is 0 Å². The molecule has 2 rings (SSSR count). The zero-order valence-electron chi connectivity index (χ0n) is 11.1. The van der Waals surface area contributed by atoms with Crippen LogP contribution in [-0.4, -0.2) is 40.3 Å². The molecular weight excluding hydrogens is 281 g/mol. The molecule has 7 heteroatoms. The molecule has 110 valence electrons. The van der Waals surface area contributed by atoms with Gasteiger partial charge in [-0.3, -0.25) is 9.36 Å². The zero-order valence-corrected chi connectivity index (χ0v) is 12.0. The quantitative estimate of drug-likeness (QED) is 0.806. The fourth-order valence-corrected chi connectivity index (χ4v) is 2.90. The second kappa shape index (κ2) is 6.39. The van der Waals surface area contributed by atoms with Crippen molar-refractivity contribution in [1.82, 2.24) is 4.90 Å². The molecule has 20 heavy (non-hydrogen) atoms. The van der Waals surface area contributed by atoms with Gasteiger partial charge in [-0.05, 0) is 31.4 Å². The number of hydrogen-bond acceptors (Lipinski definition) is 3. The second-order valence-electron chi connectivity index (χ2n) is 4.74. The number of ether oxygens (including phenoxy) is 1. The van der Waals surface area contributed by atoms with Gasteiger partial charge in [0.1, 0.15) is 11.1 Å². The molecule has 0 unspecified atom stereocenters. The van der Waals surface area contributed by atoms with Crippen LogP contribution in [0.2, 0.25) is 0 Å². The minimum atomic E-state index is -4.40. The molecule has 1 amide bonds. The molecule has 0 atom stereocenters. The van der Waals surface area contributed by atoms with Crippen LogP contribution in [-0.2, 0) is 9.36 Å². The Morgan fingerprint density at radius 3 is 2.50 bits per heavy atom. The number of benzene rings is 1. The Balaban J connectivity index is 2.00. The summed E-state index contributed by atoms with van der Waals surface area (Å²) in [6.07, 6.45) is 3.11. The summed E-state index contributed by atoms with van der Waals surface area (Å²) in [5.74, 6) is -0.0867. The van der Waals surface area contributed by atoms with Crippen LogP contribution in [0.15, 0.2) is 24.3 Å². The molecule has 0 bridgehead atoms. The third-order valence-electron chi connectivity index (χ3n) is 3.24. The van der Waals surface area contributed by atoms with Crippen LogP contribution >= 0.6 is 7.60 Å². The maximum atomic E-state index is 11.9. The van der Waals surface area contributed by atoms with E-state index in [0.717, 1.165) is 32.4 Å². The normalized spacial score (nSPS) is 16.0. The molecule has 0 aromatic heterocycles. The second-order valence-corrected chi connectivity index (χ2v) is 6.31. The Labute approximate surface area is 117 Å². The van der Waals surface area contributed by atoms with E-state index in [2.05, 4.69) is 0 Å². The monoisotopic (exact) mass is 299 g/mol. The highest BCUT2D eigenvalue weighted by atomic mass is 31.2. The van der Waals surface area contributed by atoms with Crippen LogP contribution in [0.3, 0.4) is 0 Å². The van der Waals surface area contributed by atoms with Crippen LogP contribution in [0, 0.1) is 0 Å². The number of rotatable bonds is 4. The minimum absolute atomic E-state index is 0.0613. The summed E-state index contributed by atoms with van der Waals surface area (Å²) in [5.41, 5.74) is 0. The van der Waals surface area contributed by atoms with E-state index in [-0.39, 0.29) is 23.6 Å². The summed E-state index contributed by atoms with van der Waals surface area (Å²) in [4.78, 5) is 32.1. The van der Waals surface area contributed by atoms with Crippen LogP contribution in [0.4, 0.5) is 0 Å². The fraction of sp³-hybridized carbons (Fsp3) is 0.462. The molecule has 1 fully saturated rings. The van der Waals surface area contributed by atoms with Crippen molar-refractivity contribution in [2.45, 2.75) is 19.3 Å². The smallest absolute Gasteiger partial charge is 0.359 e. The highest BCUT2D eigenvalue weighted by molar-refractivity contribution is 7.60. The molecule has 1 aliphatic heterocycles. The zero-order chi connectivity index (χ0) is 14.6. The predicted octanol–water partition coefficient (Wildman–Crippen LogP) is 0.881. The van der Waals surface area contributed by atoms with E-state index in [0.29, 0.717) is 0 Å². The van der Waals surface area contributed by atoms with Gasteiger partial charge in [0, 0.05) is 13.1 Å². The van der Waals surface area contributed by atoms with Crippen molar-refractivity contribution in [3.05, 3.63) is 24.3 Å². The van der Waals surface area contributed by atoms with E-state index in [1.807, 2.05) is 0 Å². The van der Waals surface area contributed by atoms with E-state index in [4.69, 9.17) is 4.74 Å².